The van der Waals surface area contributed by atoms with Crippen LogP contribution < -0.4 is 0 Å². The van der Waals surface area contributed by atoms with Crippen LogP contribution in [0.25, 0.3) is 0 Å². The Morgan fingerprint density at radius 3 is 2.68 bits per heavy atom. The summed E-state index contributed by atoms with van der Waals surface area (Å²) in [6, 6.07) is 6.72. The topological polar surface area (TPSA) is 33.1 Å². The third kappa shape index (κ3) is 2.02. The van der Waals surface area contributed by atoms with E-state index < -0.39 is 0 Å². The lowest BCUT2D eigenvalue weighted by atomic mass is 9.70. The molecule has 0 unspecified atom stereocenters. The Balaban J connectivity index is 1.87. The van der Waals surface area contributed by atoms with Crippen LogP contribution >= 0.6 is 0 Å². The minimum Gasteiger partial charge on any atom is -0.381 e. The van der Waals surface area contributed by atoms with Crippen LogP contribution in [0.1, 0.15) is 49.3 Å². The first-order chi connectivity index (χ1) is 9.18. The van der Waals surface area contributed by atoms with Crippen molar-refractivity contribution in [3.63, 3.8) is 0 Å². The fourth-order valence-corrected chi connectivity index (χ4v) is 3.78. The van der Waals surface area contributed by atoms with Gasteiger partial charge >= 0.3 is 0 Å². The van der Waals surface area contributed by atoms with Gasteiger partial charge in [0.1, 0.15) is 0 Å². The number of nitrogens with one attached hydrogen (secondary N) is 1. The van der Waals surface area contributed by atoms with Crippen LogP contribution in [-0.4, -0.2) is 18.9 Å². The Labute approximate surface area is 115 Å². The molecule has 0 atom stereocenters. The number of aryl methyl sites for hydroxylation is 1. The van der Waals surface area contributed by atoms with Crippen LogP contribution in [0.2, 0.25) is 0 Å². The molecule has 2 aliphatic rings. The molecule has 0 aliphatic heterocycles. The van der Waals surface area contributed by atoms with Gasteiger partial charge in [0.15, 0.2) is 0 Å². The normalized spacial score (nSPS) is 29.8. The smallest absolute Gasteiger partial charge is 0.0572 e. The second-order valence-electron chi connectivity index (χ2n) is 6.11. The van der Waals surface area contributed by atoms with E-state index in [-0.39, 0.29) is 5.41 Å². The average molecular weight is 257 g/mol. The molecule has 1 fully saturated rings. The summed E-state index contributed by atoms with van der Waals surface area (Å²) in [6.07, 6.45) is 6.97. The predicted molar refractivity (Wildman–Crippen MR) is 78.1 cm³/mol. The van der Waals surface area contributed by atoms with E-state index in [1.165, 1.54) is 16.7 Å². The number of hydrogen-bond donors (Lipinski definition) is 1. The van der Waals surface area contributed by atoms with Gasteiger partial charge in [-0.05, 0) is 61.3 Å². The fourth-order valence-electron chi connectivity index (χ4n) is 3.78. The van der Waals surface area contributed by atoms with E-state index >= 15 is 0 Å². The summed E-state index contributed by atoms with van der Waals surface area (Å²) < 4.78 is 5.47. The minimum absolute atomic E-state index is 0.115. The highest BCUT2D eigenvalue weighted by Gasteiger charge is 2.44. The van der Waals surface area contributed by atoms with Crippen molar-refractivity contribution in [3.8, 4) is 0 Å². The number of rotatable bonds is 2. The van der Waals surface area contributed by atoms with Gasteiger partial charge in [0, 0.05) is 18.2 Å². The van der Waals surface area contributed by atoms with Gasteiger partial charge in [-0.1, -0.05) is 19.1 Å². The highest BCUT2D eigenvalue weighted by Crippen LogP contribution is 2.47. The largest absolute Gasteiger partial charge is 0.381 e. The summed E-state index contributed by atoms with van der Waals surface area (Å²) in [6.45, 7) is 2.18. The molecule has 0 amide bonds. The van der Waals surface area contributed by atoms with Crippen LogP contribution in [-0.2, 0) is 17.6 Å². The van der Waals surface area contributed by atoms with E-state index in [0.717, 1.165) is 44.2 Å². The number of fused-ring (bicyclic) bond motifs is 1. The average Bonchev–Trinajstić information content (AvgIpc) is 2.72. The van der Waals surface area contributed by atoms with Crippen molar-refractivity contribution >= 4 is 5.71 Å². The molecule has 0 radical (unpaired) electrons. The van der Waals surface area contributed by atoms with Crippen LogP contribution in [0, 0.1) is 10.8 Å². The monoisotopic (exact) mass is 257 g/mol. The molecule has 2 heteroatoms. The van der Waals surface area contributed by atoms with Crippen molar-refractivity contribution in [2.45, 2.75) is 51.6 Å². The molecule has 1 aromatic carbocycles. The number of benzene rings is 1. The van der Waals surface area contributed by atoms with Crippen molar-refractivity contribution in [1.29, 1.82) is 5.41 Å². The Bertz CT molecular complexity index is 498. The predicted octanol–water partition coefficient (Wildman–Crippen LogP) is 3.75. The van der Waals surface area contributed by atoms with Gasteiger partial charge in [0.2, 0.25) is 0 Å². The second kappa shape index (κ2) is 4.75. The third-order valence-corrected chi connectivity index (χ3v) is 5.13. The SMILES string of the molecule is CCc1ccc2c(c1)C(=N)[C@]1(CC[C@H](OC)CC1)C2. The molecule has 102 valence electrons. The summed E-state index contributed by atoms with van der Waals surface area (Å²) in [5.74, 6) is 0. The molecule has 19 heavy (non-hydrogen) atoms. The molecule has 1 N–H and O–H groups in total. The molecule has 3 rings (SSSR count). The van der Waals surface area contributed by atoms with Gasteiger partial charge in [-0.25, -0.2) is 0 Å². The third-order valence-electron chi connectivity index (χ3n) is 5.13. The first kappa shape index (κ1) is 12.9. The van der Waals surface area contributed by atoms with Crippen molar-refractivity contribution < 1.29 is 4.74 Å². The first-order valence-corrected chi connectivity index (χ1v) is 7.42. The summed E-state index contributed by atoms with van der Waals surface area (Å²) in [5, 5.41) is 8.63. The van der Waals surface area contributed by atoms with Gasteiger partial charge in [0.25, 0.3) is 0 Å². The number of ether oxygens (including phenoxy) is 1. The zero-order valence-electron chi connectivity index (χ0n) is 12.0. The summed E-state index contributed by atoms with van der Waals surface area (Å²) >= 11 is 0. The van der Waals surface area contributed by atoms with Crippen molar-refractivity contribution in [3.05, 3.63) is 34.9 Å². The fraction of sp³-hybridized carbons (Fsp3) is 0.588. The molecule has 1 aromatic rings. The van der Waals surface area contributed by atoms with E-state index in [1.54, 1.807) is 0 Å². The molecule has 2 nitrogen and oxygen atoms in total. The lowest BCUT2D eigenvalue weighted by Gasteiger charge is -2.36. The highest BCUT2D eigenvalue weighted by molar-refractivity contribution is 6.07. The van der Waals surface area contributed by atoms with Gasteiger partial charge in [-0.3, -0.25) is 0 Å². The van der Waals surface area contributed by atoms with Crippen molar-refractivity contribution in [1.82, 2.24) is 0 Å². The van der Waals surface area contributed by atoms with Crippen LogP contribution in [0.3, 0.4) is 0 Å². The Morgan fingerprint density at radius 1 is 1.32 bits per heavy atom. The Hall–Kier alpha value is -1.15. The molecule has 0 saturated heterocycles. The quantitative estimate of drug-likeness (QED) is 0.860. The lowest BCUT2D eigenvalue weighted by Crippen LogP contribution is -2.35. The van der Waals surface area contributed by atoms with E-state index in [1.807, 2.05) is 7.11 Å². The molecule has 2 aliphatic carbocycles. The second-order valence-corrected chi connectivity index (χ2v) is 6.11. The highest BCUT2D eigenvalue weighted by atomic mass is 16.5. The lowest BCUT2D eigenvalue weighted by molar-refractivity contribution is 0.0467. The zero-order valence-corrected chi connectivity index (χ0v) is 12.0. The van der Waals surface area contributed by atoms with Gasteiger partial charge in [0.05, 0.1) is 6.10 Å². The standard InChI is InChI=1S/C17H23NO/c1-3-12-4-5-13-11-17(16(18)15(13)10-12)8-6-14(19-2)7-9-17/h4-5,10,14,18H,3,6-9,11H2,1-2H3/t14-,17-. The Morgan fingerprint density at radius 2 is 2.05 bits per heavy atom. The van der Waals surface area contributed by atoms with Gasteiger partial charge in [-0.2, -0.15) is 0 Å². The van der Waals surface area contributed by atoms with E-state index in [9.17, 15) is 0 Å². The van der Waals surface area contributed by atoms with E-state index in [4.69, 9.17) is 10.1 Å². The molecule has 0 aromatic heterocycles. The maximum absolute atomic E-state index is 8.63. The van der Waals surface area contributed by atoms with Gasteiger partial charge in [-0.15, -0.1) is 0 Å². The first-order valence-electron chi connectivity index (χ1n) is 7.42. The van der Waals surface area contributed by atoms with E-state index in [2.05, 4.69) is 25.1 Å². The summed E-state index contributed by atoms with van der Waals surface area (Å²) in [7, 11) is 1.81. The molecular weight excluding hydrogens is 234 g/mol. The number of methoxy groups -OCH3 is 1. The molecule has 1 saturated carbocycles. The molecule has 0 bridgehead atoms. The molecular formula is C17H23NO. The maximum atomic E-state index is 8.63. The van der Waals surface area contributed by atoms with Crippen molar-refractivity contribution in [2.75, 3.05) is 7.11 Å². The zero-order chi connectivity index (χ0) is 13.5. The minimum atomic E-state index is 0.115. The summed E-state index contributed by atoms with van der Waals surface area (Å²) in [4.78, 5) is 0. The van der Waals surface area contributed by atoms with Crippen molar-refractivity contribution in [2.24, 2.45) is 5.41 Å². The van der Waals surface area contributed by atoms with Crippen LogP contribution in [0.15, 0.2) is 18.2 Å². The van der Waals surface area contributed by atoms with Gasteiger partial charge < -0.3 is 10.1 Å². The molecule has 0 heterocycles. The number of hydrogen-bond acceptors (Lipinski definition) is 2. The van der Waals surface area contributed by atoms with Crippen LogP contribution in [0.5, 0.6) is 0 Å². The Kier molecular flexibility index (Phi) is 3.22. The molecule has 1 spiro atoms. The van der Waals surface area contributed by atoms with Crippen LogP contribution in [0.4, 0.5) is 0 Å². The van der Waals surface area contributed by atoms with E-state index in [0.29, 0.717) is 6.10 Å². The summed E-state index contributed by atoms with van der Waals surface area (Å²) in [5.41, 5.74) is 4.97. The maximum Gasteiger partial charge on any atom is 0.0572 e.